The normalized spacial score (nSPS) is 12.7. The fourth-order valence-corrected chi connectivity index (χ4v) is 2.59. The van der Waals surface area contributed by atoms with Gasteiger partial charge in [-0.05, 0) is 39.0 Å². The minimum absolute atomic E-state index is 0.0660. The summed E-state index contributed by atoms with van der Waals surface area (Å²) in [6.07, 6.45) is 18.1. The Hall–Kier alpha value is -0.830. The van der Waals surface area contributed by atoms with Crippen LogP contribution in [0.5, 0.6) is 0 Å². The molecule has 0 aliphatic carbocycles. The fourth-order valence-electron chi connectivity index (χ4n) is 2.59. The molecule has 0 aliphatic heterocycles. The first kappa shape index (κ1) is 22.2. The van der Waals surface area contributed by atoms with Crippen LogP contribution in [-0.4, -0.2) is 23.8 Å². The van der Waals surface area contributed by atoms with Crippen LogP contribution < -0.4 is 0 Å². The van der Waals surface area contributed by atoms with Crippen molar-refractivity contribution in [2.24, 2.45) is 0 Å². The first-order valence-electron chi connectivity index (χ1n) is 9.69. The molecule has 0 fully saturated rings. The van der Waals surface area contributed by atoms with Crippen molar-refractivity contribution in [3.8, 4) is 0 Å². The van der Waals surface area contributed by atoms with Gasteiger partial charge in [-0.3, -0.25) is 4.79 Å². The van der Waals surface area contributed by atoms with Crippen molar-refractivity contribution in [3.63, 3.8) is 0 Å². The SMILES string of the molecule is CCCCCC[C@@H](O)C/C=C\CCCCCCCC(=O)OCC. The van der Waals surface area contributed by atoms with Crippen molar-refractivity contribution >= 4 is 5.97 Å². The number of aliphatic hydroxyl groups is 1. The second-order valence-electron chi connectivity index (χ2n) is 6.32. The maximum atomic E-state index is 11.2. The molecule has 23 heavy (non-hydrogen) atoms. The molecular formula is C20H38O3. The first-order chi connectivity index (χ1) is 11.2. The van der Waals surface area contributed by atoms with Gasteiger partial charge in [0.2, 0.25) is 0 Å². The van der Waals surface area contributed by atoms with Gasteiger partial charge in [0.15, 0.2) is 0 Å². The van der Waals surface area contributed by atoms with Gasteiger partial charge >= 0.3 is 5.97 Å². The van der Waals surface area contributed by atoms with E-state index in [0.717, 1.165) is 38.5 Å². The highest BCUT2D eigenvalue weighted by Crippen LogP contribution is 2.10. The Kier molecular flexibility index (Phi) is 16.9. The molecule has 0 amide bonds. The number of allylic oxidation sites excluding steroid dienone is 1. The van der Waals surface area contributed by atoms with Gasteiger partial charge in [-0.1, -0.05) is 64.0 Å². The Balaban J connectivity index is 3.29. The molecule has 0 saturated carbocycles. The van der Waals surface area contributed by atoms with Crippen LogP contribution in [0.25, 0.3) is 0 Å². The van der Waals surface area contributed by atoms with E-state index >= 15 is 0 Å². The predicted octanol–water partition coefficient (Wildman–Crippen LogP) is 5.56. The summed E-state index contributed by atoms with van der Waals surface area (Å²) in [5.41, 5.74) is 0. The minimum atomic E-state index is -0.161. The summed E-state index contributed by atoms with van der Waals surface area (Å²) in [7, 11) is 0. The maximum absolute atomic E-state index is 11.2. The lowest BCUT2D eigenvalue weighted by atomic mass is 10.1. The summed E-state index contributed by atoms with van der Waals surface area (Å²) < 4.78 is 4.90. The Morgan fingerprint density at radius 2 is 1.65 bits per heavy atom. The molecule has 1 N–H and O–H groups in total. The number of esters is 1. The molecule has 1 atom stereocenters. The fraction of sp³-hybridized carbons (Fsp3) is 0.850. The Morgan fingerprint density at radius 1 is 0.957 bits per heavy atom. The average Bonchev–Trinajstić information content (AvgIpc) is 2.53. The van der Waals surface area contributed by atoms with Gasteiger partial charge < -0.3 is 9.84 Å². The van der Waals surface area contributed by atoms with Crippen LogP contribution in [0.15, 0.2) is 12.2 Å². The van der Waals surface area contributed by atoms with Gasteiger partial charge in [-0.25, -0.2) is 0 Å². The summed E-state index contributed by atoms with van der Waals surface area (Å²) in [5, 5.41) is 9.84. The van der Waals surface area contributed by atoms with E-state index in [1.165, 1.54) is 38.5 Å². The van der Waals surface area contributed by atoms with Crippen molar-refractivity contribution < 1.29 is 14.6 Å². The largest absolute Gasteiger partial charge is 0.466 e. The summed E-state index contributed by atoms with van der Waals surface area (Å²) >= 11 is 0. The van der Waals surface area contributed by atoms with E-state index in [2.05, 4.69) is 19.1 Å². The van der Waals surface area contributed by atoms with Gasteiger partial charge in [0.1, 0.15) is 0 Å². The second kappa shape index (κ2) is 17.5. The molecule has 0 rings (SSSR count). The zero-order valence-corrected chi connectivity index (χ0v) is 15.4. The van der Waals surface area contributed by atoms with Crippen LogP contribution in [-0.2, 0) is 9.53 Å². The molecule has 0 unspecified atom stereocenters. The number of rotatable bonds is 16. The standard InChI is InChI=1S/C20H38O3/c1-3-5-6-13-16-19(21)17-14-11-9-7-8-10-12-15-18-20(22)23-4-2/h11,14,19,21H,3-10,12-13,15-18H2,1-2H3/b14-11-/t19-/m1/s1. The molecule has 0 aromatic heterocycles. The maximum Gasteiger partial charge on any atom is 0.305 e. The number of ether oxygens (including phenoxy) is 1. The molecule has 136 valence electrons. The number of unbranched alkanes of at least 4 members (excludes halogenated alkanes) is 8. The molecule has 0 spiro atoms. The lowest BCUT2D eigenvalue weighted by Crippen LogP contribution is -2.04. The van der Waals surface area contributed by atoms with Crippen LogP contribution in [0.3, 0.4) is 0 Å². The first-order valence-corrected chi connectivity index (χ1v) is 9.69. The van der Waals surface area contributed by atoms with Crippen LogP contribution in [0.1, 0.15) is 97.3 Å². The van der Waals surface area contributed by atoms with Crippen molar-refractivity contribution in [1.82, 2.24) is 0 Å². The second-order valence-corrected chi connectivity index (χ2v) is 6.32. The van der Waals surface area contributed by atoms with Gasteiger partial charge in [0.05, 0.1) is 12.7 Å². The Morgan fingerprint density at radius 3 is 2.39 bits per heavy atom. The van der Waals surface area contributed by atoms with E-state index in [1.54, 1.807) is 0 Å². The van der Waals surface area contributed by atoms with Crippen LogP contribution in [0, 0.1) is 0 Å². The van der Waals surface area contributed by atoms with Crippen molar-refractivity contribution in [3.05, 3.63) is 12.2 Å². The highest BCUT2D eigenvalue weighted by atomic mass is 16.5. The third-order valence-corrected chi connectivity index (χ3v) is 4.02. The van der Waals surface area contributed by atoms with Crippen LogP contribution >= 0.6 is 0 Å². The van der Waals surface area contributed by atoms with Gasteiger partial charge in [0.25, 0.3) is 0 Å². The van der Waals surface area contributed by atoms with Crippen molar-refractivity contribution in [1.29, 1.82) is 0 Å². The van der Waals surface area contributed by atoms with Crippen molar-refractivity contribution in [2.75, 3.05) is 6.61 Å². The summed E-state index contributed by atoms with van der Waals surface area (Å²) in [4.78, 5) is 11.2. The Labute approximate surface area is 143 Å². The smallest absolute Gasteiger partial charge is 0.305 e. The topological polar surface area (TPSA) is 46.5 Å². The van der Waals surface area contributed by atoms with Gasteiger partial charge in [0, 0.05) is 6.42 Å². The zero-order chi connectivity index (χ0) is 17.2. The molecule has 0 heterocycles. The van der Waals surface area contributed by atoms with E-state index in [1.807, 2.05) is 6.92 Å². The monoisotopic (exact) mass is 326 g/mol. The molecule has 0 aromatic rings. The molecule has 0 aliphatic rings. The third kappa shape index (κ3) is 17.4. The van der Waals surface area contributed by atoms with E-state index in [4.69, 9.17) is 4.74 Å². The van der Waals surface area contributed by atoms with Gasteiger partial charge in [-0.15, -0.1) is 0 Å². The highest BCUT2D eigenvalue weighted by Gasteiger charge is 2.01. The van der Waals surface area contributed by atoms with Gasteiger partial charge in [-0.2, -0.15) is 0 Å². The van der Waals surface area contributed by atoms with E-state index in [-0.39, 0.29) is 12.1 Å². The molecule has 3 heteroatoms. The number of carbonyl (C=O) groups is 1. The third-order valence-electron chi connectivity index (χ3n) is 4.02. The predicted molar refractivity (Wildman–Crippen MR) is 97.5 cm³/mol. The molecule has 0 radical (unpaired) electrons. The number of hydrogen-bond acceptors (Lipinski definition) is 3. The van der Waals surface area contributed by atoms with Crippen LogP contribution in [0.2, 0.25) is 0 Å². The molecule has 0 bridgehead atoms. The summed E-state index contributed by atoms with van der Waals surface area (Å²) in [6, 6.07) is 0. The van der Waals surface area contributed by atoms with E-state index < -0.39 is 0 Å². The minimum Gasteiger partial charge on any atom is -0.466 e. The van der Waals surface area contributed by atoms with Crippen molar-refractivity contribution in [2.45, 2.75) is 103 Å². The Bertz CT molecular complexity index is 287. The summed E-state index contributed by atoms with van der Waals surface area (Å²) in [6.45, 7) is 4.54. The zero-order valence-electron chi connectivity index (χ0n) is 15.4. The molecule has 0 saturated heterocycles. The number of aliphatic hydroxyl groups excluding tert-OH is 1. The molecule has 0 aromatic carbocycles. The van der Waals surface area contributed by atoms with Crippen LogP contribution in [0.4, 0.5) is 0 Å². The number of carbonyl (C=O) groups excluding carboxylic acids is 1. The molecular weight excluding hydrogens is 288 g/mol. The molecule has 3 nitrogen and oxygen atoms in total. The quantitative estimate of drug-likeness (QED) is 0.229. The number of hydrogen-bond donors (Lipinski definition) is 1. The van der Waals surface area contributed by atoms with E-state index in [9.17, 15) is 9.90 Å². The lowest BCUT2D eigenvalue weighted by Gasteiger charge is -2.07. The summed E-state index contributed by atoms with van der Waals surface area (Å²) in [5.74, 6) is -0.0660. The highest BCUT2D eigenvalue weighted by molar-refractivity contribution is 5.69. The average molecular weight is 327 g/mol. The lowest BCUT2D eigenvalue weighted by molar-refractivity contribution is -0.143. The van der Waals surface area contributed by atoms with E-state index in [0.29, 0.717) is 13.0 Å².